The number of carbonyl (C=O) groups excluding carboxylic acids is 1. The molecule has 0 N–H and O–H groups in total. The van der Waals surface area contributed by atoms with Crippen LogP contribution in [0.25, 0.3) is 0 Å². The number of piperidine rings is 1. The Morgan fingerprint density at radius 1 is 1.00 bits per heavy atom. The van der Waals surface area contributed by atoms with Gasteiger partial charge in [0.05, 0.1) is 12.0 Å². The number of hydrogen-bond acceptors (Lipinski definition) is 6. The number of nitrogens with zero attached hydrogens (tertiary/aromatic N) is 4. The van der Waals surface area contributed by atoms with Gasteiger partial charge in [0.2, 0.25) is 5.91 Å². The Labute approximate surface area is 194 Å². The van der Waals surface area contributed by atoms with E-state index < -0.39 is 0 Å². The first-order valence-electron chi connectivity index (χ1n) is 11.7. The van der Waals surface area contributed by atoms with Crippen LogP contribution in [-0.4, -0.2) is 73.6 Å². The fraction of sp³-hybridized carbons (Fsp3) is 0.480. The minimum atomic E-state index is -0.333. The molecule has 8 nitrogen and oxygen atoms in total. The molecule has 0 atom stereocenters. The second-order valence-corrected chi connectivity index (χ2v) is 8.77. The summed E-state index contributed by atoms with van der Waals surface area (Å²) in [6.45, 7) is 5.67. The molecule has 0 saturated carbocycles. The van der Waals surface area contributed by atoms with Crippen molar-refractivity contribution < 1.29 is 14.5 Å². The normalized spacial score (nSPS) is 17.7. The molecule has 2 aromatic carbocycles. The fourth-order valence-electron chi connectivity index (χ4n) is 4.78. The van der Waals surface area contributed by atoms with E-state index in [1.54, 1.807) is 25.3 Å². The minimum absolute atomic E-state index is 0.00914. The largest absolute Gasteiger partial charge is 0.497 e. The molecule has 0 radical (unpaired) electrons. The van der Waals surface area contributed by atoms with Crippen molar-refractivity contribution in [3.63, 3.8) is 0 Å². The van der Waals surface area contributed by atoms with Crippen LogP contribution in [0.2, 0.25) is 0 Å². The van der Waals surface area contributed by atoms with Crippen molar-refractivity contribution >= 4 is 17.3 Å². The van der Waals surface area contributed by atoms with E-state index in [0.717, 1.165) is 57.7 Å². The Morgan fingerprint density at radius 2 is 1.67 bits per heavy atom. The van der Waals surface area contributed by atoms with Crippen LogP contribution in [0.15, 0.2) is 48.5 Å². The Kier molecular flexibility index (Phi) is 7.44. The van der Waals surface area contributed by atoms with E-state index in [1.165, 1.54) is 5.56 Å². The average Bonchev–Trinajstić information content (AvgIpc) is 2.87. The van der Waals surface area contributed by atoms with Crippen LogP contribution in [0, 0.1) is 16.0 Å². The van der Waals surface area contributed by atoms with Crippen LogP contribution < -0.4 is 9.64 Å². The van der Waals surface area contributed by atoms with Gasteiger partial charge in [-0.05, 0) is 43.0 Å². The number of methoxy groups -OCH3 is 1. The zero-order valence-electron chi connectivity index (χ0n) is 19.2. The molecule has 0 spiro atoms. The molecule has 2 fully saturated rings. The van der Waals surface area contributed by atoms with Crippen molar-refractivity contribution in [3.05, 3.63) is 64.2 Å². The van der Waals surface area contributed by atoms with Gasteiger partial charge in [0.15, 0.2) is 0 Å². The van der Waals surface area contributed by atoms with Crippen molar-refractivity contribution in [3.8, 4) is 5.75 Å². The molecule has 33 heavy (non-hydrogen) atoms. The Hall–Kier alpha value is -3.13. The number of anilines is 1. The van der Waals surface area contributed by atoms with E-state index in [0.29, 0.717) is 18.8 Å². The quantitative estimate of drug-likeness (QED) is 0.474. The molecule has 8 heteroatoms. The molecule has 2 aliphatic heterocycles. The number of nitro groups is 1. The van der Waals surface area contributed by atoms with Gasteiger partial charge >= 0.3 is 0 Å². The summed E-state index contributed by atoms with van der Waals surface area (Å²) in [5.41, 5.74) is 2.08. The number of benzene rings is 2. The summed E-state index contributed by atoms with van der Waals surface area (Å²) in [5, 5.41) is 11.3. The second-order valence-electron chi connectivity index (χ2n) is 8.77. The lowest BCUT2D eigenvalue weighted by Crippen LogP contribution is -2.51. The van der Waals surface area contributed by atoms with Crippen molar-refractivity contribution in [2.24, 2.45) is 5.92 Å². The van der Waals surface area contributed by atoms with Crippen LogP contribution in [-0.2, 0) is 11.2 Å². The van der Waals surface area contributed by atoms with E-state index in [1.807, 2.05) is 28.0 Å². The van der Waals surface area contributed by atoms with Gasteiger partial charge in [-0.3, -0.25) is 19.8 Å². The highest BCUT2D eigenvalue weighted by atomic mass is 16.6. The number of para-hydroxylation sites is 2. The van der Waals surface area contributed by atoms with Gasteiger partial charge < -0.3 is 14.5 Å². The van der Waals surface area contributed by atoms with Gasteiger partial charge in [0, 0.05) is 57.8 Å². The molecule has 2 aromatic rings. The maximum absolute atomic E-state index is 13.1. The van der Waals surface area contributed by atoms with Gasteiger partial charge in [-0.2, -0.15) is 0 Å². The monoisotopic (exact) mass is 452 g/mol. The summed E-state index contributed by atoms with van der Waals surface area (Å²) >= 11 is 0. The molecule has 1 amide bonds. The van der Waals surface area contributed by atoms with E-state index >= 15 is 0 Å². The van der Waals surface area contributed by atoms with Crippen molar-refractivity contribution in [1.29, 1.82) is 0 Å². The van der Waals surface area contributed by atoms with E-state index in [9.17, 15) is 14.9 Å². The standard InChI is InChI=1S/C25H32N4O4/c1-33-22-8-6-20(7-9-22)10-13-26-16-18-28(19-17-26)25(30)21-11-14-27(15-12-21)23-4-2-3-5-24(23)29(31)32/h2-9,21H,10-19H2,1H3. The average molecular weight is 453 g/mol. The SMILES string of the molecule is COc1ccc(CCN2CCN(C(=O)C3CCN(c4ccccc4[N+](=O)[O-])CC3)CC2)cc1. The number of rotatable bonds is 7. The molecular weight excluding hydrogens is 420 g/mol. The summed E-state index contributed by atoms with van der Waals surface area (Å²) in [5.74, 6) is 1.13. The van der Waals surface area contributed by atoms with E-state index in [-0.39, 0.29) is 22.4 Å². The van der Waals surface area contributed by atoms with E-state index in [4.69, 9.17) is 4.74 Å². The first kappa shape index (κ1) is 23.0. The molecular formula is C25H32N4O4. The third-order valence-electron chi connectivity index (χ3n) is 6.82. The summed E-state index contributed by atoms with van der Waals surface area (Å²) in [6.07, 6.45) is 2.47. The van der Waals surface area contributed by atoms with Crippen LogP contribution in [0.5, 0.6) is 5.75 Å². The van der Waals surface area contributed by atoms with Gasteiger partial charge in [0.25, 0.3) is 5.69 Å². The molecule has 0 bridgehead atoms. The third-order valence-corrected chi connectivity index (χ3v) is 6.82. The van der Waals surface area contributed by atoms with Crippen molar-refractivity contribution in [1.82, 2.24) is 9.80 Å². The number of piperazine rings is 1. The summed E-state index contributed by atoms with van der Waals surface area (Å²) in [6, 6.07) is 15.1. The number of amides is 1. The maximum atomic E-state index is 13.1. The van der Waals surface area contributed by atoms with Crippen LogP contribution in [0.3, 0.4) is 0 Å². The highest BCUT2D eigenvalue weighted by molar-refractivity contribution is 5.79. The molecule has 176 valence electrons. The van der Waals surface area contributed by atoms with Gasteiger partial charge in [-0.15, -0.1) is 0 Å². The first-order chi connectivity index (χ1) is 16.0. The van der Waals surface area contributed by atoms with Gasteiger partial charge in [-0.1, -0.05) is 24.3 Å². The first-order valence-corrected chi connectivity index (χ1v) is 11.7. The number of hydrogen-bond donors (Lipinski definition) is 0. The van der Waals surface area contributed by atoms with E-state index in [2.05, 4.69) is 17.0 Å². The van der Waals surface area contributed by atoms with Gasteiger partial charge in [0.1, 0.15) is 11.4 Å². The summed E-state index contributed by atoms with van der Waals surface area (Å²) < 4.78 is 5.21. The van der Waals surface area contributed by atoms with Gasteiger partial charge in [-0.25, -0.2) is 0 Å². The number of carbonyl (C=O) groups is 1. The molecule has 2 saturated heterocycles. The molecule has 0 aliphatic carbocycles. The number of nitro benzene ring substituents is 1. The predicted molar refractivity (Wildman–Crippen MR) is 128 cm³/mol. The topological polar surface area (TPSA) is 79.2 Å². The van der Waals surface area contributed by atoms with Crippen LogP contribution >= 0.6 is 0 Å². The van der Waals surface area contributed by atoms with Crippen molar-refractivity contribution in [2.75, 3.05) is 57.8 Å². The minimum Gasteiger partial charge on any atom is -0.497 e. The molecule has 2 heterocycles. The second kappa shape index (κ2) is 10.7. The smallest absolute Gasteiger partial charge is 0.292 e. The summed E-state index contributed by atoms with van der Waals surface area (Å²) in [4.78, 5) is 30.6. The zero-order chi connectivity index (χ0) is 23.2. The maximum Gasteiger partial charge on any atom is 0.292 e. The lowest BCUT2D eigenvalue weighted by atomic mass is 9.94. The molecule has 2 aliphatic rings. The highest BCUT2D eigenvalue weighted by Gasteiger charge is 2.31. The highest BCUT2D eigenvalue weighted by Crippen LogP contribution is 2.31. The molecule has 4 rings (SSSR count). The van der Waals surface area contributed by atoms with Crippen LogP contribution in [0.4, 0.5) is 11.4 Å². The Balaban J connectivity index is 1.22. The Bertz CT molecular complexity index is 949. The lowest BCUT2D eigenvalue weighted by Gasteiger charge is -2.39. The van der Waals surface area contributed by atoms with Crippen molar-refractivity contribution in [2.45, 2.75) is 19.3 Å². The van der Waals surface area contributed by atoms with Crippen LogP contribution in [0.1, 0.15) is 18.4 Å². The zero-order valence-corrected chi connectivity index (χ0v) is 19.2. The number of ether oxygens (including phenoxy) is 1. The molecule has 0 aromatic heterocycles. The summed E-state index contributed by atoms with van der Waals surface area (Å²) in [7, 11) is 1.68. The third kappa shape index (κ3) is 5.63. The predicted octanol–water partition coefficient (Wildman–Crippen LogP) is 3.21. The lowest BCUT2D eigenvalue weighted by molar-refractivity contribution is -0.384. The fourth-order valence-corrected chi connectivity index (χ4v) is 4.78. The molecule has 0 unspecified atom stereocenters. The Morgan fingerprint density at radius 3 is 2.30 bits per heavy atom.